The van der Waals surface area contributed by atoms with E-state index >= 15 is 0 Å². The van der Waals surface area contributed by atoms with Crippen LogP contribution in [0.25, 0.3) is 0 Å². The molecule has 0 rings (SSSR count). The van der Waals surface area contributed by atoms with Gasteiger partial charge in [0.15, 0.2) is 0 Å². The molecule has 110 valence electrons. The van der Waals surface area contributed by atoms with Gasteiger partial charge in [-0.3, -0.25) is 14.4 Å². The highest BCUT2D eigenvalue weighted by atomic mass is 16.5. The molecule has 7 heteroatoms. The summed E-state index contributed by atoms with van der Waals surface area (Å²) in [4.78, 5) is 34.4. The number of carbonyl (C=O) groups excluding carboxylic acids is 3. The minimum absolute atomic E-state index is 0.210. The summed E-state index contributed by atoms with van der Waals surface area (Å²) in [5.41, 5.74) is 5.44. The Balaban J connectivity index is 4.51. The number of rotatable bonds is 7. The van der Waals surface area contributed by atoms with Gasteiger partial charge in [0.2, 0.25) is 11.8 Å². The molecule has 0 saturated carbocycles. The molecule has 0 radical (unpaired) electrons. The predicted molar refractivity (Wildman–Crippen MR) is 70.1 cm³/mol. The third-order valence-corrected chi connectivity index (χ3v) is 2.39. The predicted octanol–water partition coefficient (Wildman–Crippen LogP) is -0.846. The lowest BCUT2D eigenvalue weighted by Crippen LogP contribution is -2.52. The zero-order valence-corrected chi connectivity index (χ0v) is 11.9. The first kappa shape index (κ1) is 17.4. The maximum absolute atomic E-state index is 11.9. The molecule has 0 aromatic heterocycles. The van der Waals surface area contributed by atoms with Gasteiger partial charge in [0, 0.05) is 0 Å². The lowest BCUT2D eigenvalue weighted by Gasteiger charge is -2.20. The SMILES string of the molecule is COC(=O)CNC(=O)[C@H](CC(C)C)NC(=O)[C@H](C)N. The molecule has 0 fully saturated rings. The van der Waals surface area contributed by atoms with Gasteiger partial charge < -0.3 is 21.1 Å². The fraction of sp³-hybridized carbons (Fsp3) is 0.750. The molecular formula is C12H23N3O4. The van der Waals surface area contributed by atoms with Crippen molar-refractivity contribution in [1.82, 2.24) is 10.6 Å². The maximum Gasteiger partial charge on any atom is 0.325 e. The van der Waals surface area contributed by atoms with Gasteiger partial charge in [0.1, 0.15) is 12.6 Å². The second-order valence-corrected chi connectivity index (χ2v) is 4.77. The van der Waals surface area contributed by atoms with E-state index in [-0.39, 0.29) is 12.5 Å². The lowest BCUT2D eigenvalue weighted by molar-refractivity contribution is -0.141. The van der Waals surface area contributed by atoms with Gasteiger partial charge in [0.25, 0.3) is 0 Å². The van der Waals surface area contributed by atoms with Crippen LogP contribution in [0, 0.1) is 5.92 Å². The number of nitrogens with two attached hydrogens (primary N) is 1. The molecule has 0 bridgehead atoms. The van der Waals surface area contributed by atoms with E-state index in [9.17, 15) is 14.4 Å². The van der Waals surface area contributed by atoms with Crippen molar-refractivity contribution in [2.24, 2.45) is 11.7 Å². The molecule has 2 atom stereocenters. The topological polar surface area (TPSA) is 111 Å². The van der Waals surface area contributed by atoms with Crippen LogP contribution in [0.5, 0.6) is 0 Å². The van der Waals surface area contributed by atoms with Crippen LogP contribution >= 0.6 is 0 Å². The van der Waals surface area contributed by atoms with Gasteiger partial charge in [-0.2, -0.15) is 0 Å². The van der Waals surface area contributed by atoms with Crippen LogP contribution < -0.4 is 16.4 Å². The Morgan fingerprint density at radius 2 is 1.74 bits per heavy atom. The maximum atomic E-state index is 11.9. The molecule has 0 unspecified atom stereocenters. The van der Waals surface area contributed by atoms with Gasteiger partial charge >= 0.3 is 5.97 Å². The van der Waals surface area contributed by atoms with E-state index in [1.54, 1.807) is 0 Å². The smallest absolute Gasteiger partial charge is 0.325 e. The number of amides is 2. The Labute approximate surface area is 113 Å². The molecule has 4 N–H and O–H groups in total. The summed E-state index contributed by atoms with van der Waals surface area (Å²) in [5.74, 6) is -1.16. The van der Waals surface area contributed by atoms with Gasteiger partial charge in [-0.1, -0.05) is 13.8 Å². The van der Waals surface area contributed by atoms with E-state index in [2.05, 4.69) is 15.4 Å². The summed E-state index contributed by atoms with van der Waals surface area (Å²) in [6, 6.07) is -1.40. The minimum Gasteiger partial charge on any atom is -0.468 e. The van der Waals surface area contributed by atoms with Crippen molar-refractivity contribution in [2.45, 2.75) is 39.3 Å². The second-order valence-electron chi connectivity index (χ2n) is 4.77. The van der Waals surface area contributed by atoms with Crippen molar-refractivity contribution in [3.63, 3.8) is 0 Å². The van der Waals surface area contributed by atoms with Crippen LogP contribution in [-0.4, -0.2) is 43.5 Å². The third kappa shape index (κ3) is 7.40. The summed E-state index contributed by atoms with van der Waals surface area (Å²) in [5, 5.41) is 4.98. The van der Waals surface area contributed by atoms with Crippen molar-refractivity contribution in [3.8, 4) is 0 Å². The quantitative estimate of drug-likeness (QED) is 0.523. The molecule has 0 spiro atoms. The number of ether oxygens (including phenoxy) is 1. The standard InChI is InChI=1S/C12H23N3O4/c1-7(2)5-9(15-11(17)8(3)13)12(18)14-6-10(16)19-4/h7-9H,5-6,13H2,1-4H3,(H,14,18)(H,15,17)/t8-,9-/m0/s1. The fourth-order valence-corrected chi connectivity index (χ4v) is 1.36. The summed E-state index contributed by atoms with van der Waals surface area (Å²) < 4.78 is 4.42. The number of carbonyl (C=O) groups is 3. The van der Waals surface area contributed by atoms with Crippen LogP contribution in [0.2, 0.25) is 0 Å². The molecule has 0 aromatic rings. The number of hydrogen-bond acceptors (Lipinski definition) is 5. The van der Waals surface area contributed by atoms with Crippen LogP contribution in [0.4, 0.5) is 0 Å². The molecule has 0 aromatic carbocycles. The second kappa shape index (κ2) is 8.47. The van der Waals surface area contributed by atoms with Crippen LogP contribution in [0.3, 0.4) is 0 Å². The van der Waals surface area contributed by atoms with E-state index in [0.29, 0.717) is 6.42 Å². The first-order chi connectivity index (χ1) is 8.77. The molecule has 2 amide bonds. The highest BCUT2D eigenvalue weighted by Crippen LogP contribution is 2.05. The molecule has 0 saturated heterocycles. The first-order valence-electron chi connectivity index (χ1n) is 6.18. The van der Waals surface area contributed by atoms with Gasteiger partial charge in [-0.05, 0) is 19.3 Å². The molecular weight excluding hydrogens is 250 g/mol. The number of esters is 1. The normalized spacial score (nSPS) is 13.6. The lowest BCUT2D eigenvalue weighted by atomic mass is 10.0. The van der Waals surface area contributed by atoms with Crippen LogP contribution in [0.1, 0.15) is 27.2 Å². The number of hydrogen-bond donors (Lipinski definition) is 3. The Bertz CT molecular complexity index is 329. The van der Waals surface area contributed by atoms with E-state index < -0.39 is 29.9 Å². The highest BCUT2D eigenvalue weighted by Gasteiger charge is 2.23. The van der Waals surface area contributed by atoms with E-state index in [1.165, 1.54) is 14.0 Å². The number of methoxy groups -OCH3 is 1. The monoisotopic (exact) mass is 273 g/mol. The Kier molecular flexibility index (Phi) is 7.74. The molecule has 0 aliphatic carbocycles. The zero-order chi connectivity index (χ0) is 15.0. The van der Waals surface area contributed by atoms with Crippen molar-refractivity contribution in [2.75, 3.05) is 13.7 Å². The summed E-state index contributed by atoms with van der Waals surface area (Å²) >= 11 is 0. The van der Waals surface area contributed by atoms with Crippen LogP contribution in [-0.2, 0) is 19.1 Å². The molecule has 0 aliphatic heterocycles. The molecule has 7 nitrogen and oxygen atoms in total. The van der Waals surface area contributed by atoms with Gasteiger partial charge in [-0.15, -0.1) is 0 Å². The third-order valence-electron chi connectivity index (χ3n) is 2.39. The average Bonchev–Trinajstić information content (AvgIpc) is 2.33. The van der Waals surface area contributed by atoms with E-state index in [0.717, 1.165) is 0 Å². The van der Waals surface area contributed by atoms with E-state index in [4.69, 9.17) is 5.73 Å². The molecule has 0 aliphatic rings. The first-order valence-corrected chi connectivity index (χ1v) is 6.18. The summed E-state index contributed by atoms with van der Waals surface area (Å²) in [6.07, 6.45) is 0.464. The van der Waals surface area contributed by atoms with Gasteiger partial charge in [0.05, 0.1) is 13.2 Å². The largest absolute Gasteiger partial charge is 0.468 e. The Hall–Kier alpha value is -1.63. The van der Waals surface area contributed by atoms with Crippen LogP contribution in [0.15, 0.2) is 0 Å². The van der Waals surface area contributed by atoms with E-state index in [1.807, 2.05) is 13.8 Å². The average molecular weight is 273 g/mol. The zero-order valence-electron chi connectivity index (χ0n) is 11.9. The highest BCUT2D eigenvalue weighted by molar-refractivity contribution is 5.90. The van der Waals surface area contributed by atoms with Gasteiger partial charge in [-0.25, -0.2) is 0 Å². The van der Waals surface area contributed by atoms with Crippen molar-refractivity contribution in [1.29, 1.82) is 0 Å². The summed E-state index contributed by atoms with van der Waals surface area (Å²) in [6.45, 7) is 5.17. The Morgan fingerprint density at radius 3 is 2.16 bits per heavy atom. The fourth-order valence-electron chi connectivity index (χ4n) is 1.36. The van der Waals surface area contributed by atoms with Crippen molar-refractivity contribution in [3.05, 3.63) is 0 Å². The molecule has 19 heavy (non-hydrogen) atoms. The minimum atomic E-state index is -0.705. The van der Waals surface area contributed by atoms with Crippen molar-refractivity contribution < 1.29 is 19.1 Å². The molecule has 0 heterocycles. The number of nitrogens with one attached hydrogen (secondary N) is 2. The Morgan fingerprint density at radius 1 is 1.16 bits per heavy atom. The summed E-state index contributed by atoms with van der Waals surface area (Å²) in [7, 11) is 1.23. The van der Waals surface area contributed by atoms with Crippen molar-refractivity contribution >= 4 is 17.8 Å².